The molecule has 2 aliphatic rings. The molecule has 0 bridgehead atoms. The third-order valence-corrected chi connectivity index (χ3v) is 5.03. The minimum Gasteiger partial charge on any atom is -0.396 e. The van der Waals surface area contributed by atoms with Crippen molar-refractivity contribution in [3.63, 3.8) is 0 Å². The van der Waals surface area contributed by atoms with E-state index < -0.39 is 17.3 Å². The smallest absolute Gasteiger partial charge is 0.277 e. The summed E-state index contributed by atoms with van der Waals surface area (Å²) >= 11 is 0. The lowest BCUT2D eigenvalue weighted by Crippen LogP contribution is -2.36. The van der Waals surface area contributed by atoms with Gasteiger partial charge in [-0.3, -0.25) is 9.20 Å². The van der Waals surface area contributed by atoms with Crippen molar-refractivity contribution in [2.75, 3.05) is 32.9 Å². The van der Waals surface area contributed by atoms with Crippen LogP contribution in [0.2, 0.25) is 0 Å². The van der Waals surface area contributed by atoms with Crippen molar-refractivity contribution in [1.29, 1.82) is 0 Å². The molecular weight excluding hydrogens is 301 g/mol. The predicted octanol–water partition coefficient (Wildman–Crippen LogP) is 0.863. The van der Waals surface area contributed by atoms with Gasteiger partial charge in [0, 0.05) is 30.6 Å². The maximum absolute atomic E-state index is 14.6. The van der Waals surface area contributed by atoms with Gasteiger partial charge >= 0.3 is 0 Å². The Bertz CT molecular complexity index is 790. The summed E-state index contributed by atoms with van der Waals surface area (Å²) in [4.78, 5) is 18.4. The predicted molar refractivity (Wildman–Crippen MR) is 79.6 cm³/mol. The second-order valence-corrected chi connectivity index (χ2v) is 6.60. The quantitative estimate of drug-likeness (QED) is 0.892. The number of carbonyl (C=O) groups is 1. The number of hydrogen-bond donors (Lipinski definition) is 1. The average molecular weight is 319 g/mol. The molecule has 0 aromatic carbocycles. The largest absolute Gasteiger partial charge is 0.396 e. The first-order chi connectivity index (χ1) is 11.0. The van der Waals surface area contributed by atoms with Gasteiger partial charge in [-0.05, 0) is 18.6 Å². The maximum Gasteiger partial charge on any atom is 0.277 e. The Morgan fingerprint density at radius 2 is 2.39 bits per heavy atom. The molecule has 0 unspecified atom stereocenters. The molecule has 6 nitrogen and oxygen atoms in total. The van der Waals surface area contributed by atoms with Crippen LogP contribution in [0.4, 0.5) is 4.39 Å². The molecule has 23 heavy (non-hydrogen) atoms. The van der Waals surface area contributed by atoms with E-state index in [0.717, 1.165) is 5.56 Å². The van der Waals surface area contributed by atoms with Gasteiger partial charge in [0.25, 0.3) is 5.91 Å². The van der Waals surface area contributed by atoms with Crippen LogP contribution in [0.5, 0.6) is 0 Å². The highest BCUT2D eigenvalue weighted by molar-refractivity contribution is 5.93. The highest BCUT2D eigenvalue weighted by Gasteiger charge is 2.52. The van der Waals surface area contributed by atoms with Gasteiger partial charge in [-0.2, -0.15) is 4.39 Å². The number of fused-ring (bicyclic) bond motifs is 2. The lowest BCUT2D eigenvalue weighted by atomic mass is 9.82. The zero-order valence-corrected chi connectivity index (χ0v) is 12.8. The topological polar surface area (TPSA) is 67.1 Å². The Balaban J connectivity index is 1.67. The summed E-state index contributed by atoms with van der Waals surface area (Å²) in [6, 6.07) is 3.52. The normalized spacial score (nSPS) is 26.9. The molecule has 2 saturated heterocycles. The van der Waals surface area contributed by atoms with Gasteiger partial charge in [-0.1, -0.05) is 6.07 Å². The van der Waals surface area contributed by atoms with Crippen molar-refractivity contribution in [3.05, 3.63) is 35.5 Å². The standard InChI is InChI=1S/C16H18FN3O3/c1-10-2-3-12-18-13(14(17)20(12)4-10)15(22)19-5-11-6-23-9-16(11,7-19)8-21/h2-4,11,21H,5-9H2,1H3/t11-,16-/m0/s1. The molecule has 2 aromatic rings. The fourth-order valence-electron chi connectivity index (χ4n) is 3.62. The Labute approximate surface area is 132 Å². The van der Waals surface area contributed by atoms with Crippen LogP contribution in [0, 0.1) is 24.2 Å². The Kier molecular flexibility index (Phi) is 3.18. The summed E-state index contributed by atoms with van der Waals surface area (Å²) in [5, 5.41) is 9.68. The van der Waals surface area contributed by atoms with E-state index in [1.165, 1.54) is 4.40 Å². The summed E-state index contributed by atoms with van der Waals surface area (Å²) in [6.45, 7) is 3.62. The molecule has 0 radical (unpaired) electrons. The van der Waals surface area contributed by atoms with Crippen LogP contribution in [0.15, 0.2) is 18.3 Å². The Hall–Kier alpha value is -1.99. The molecule has 0 aliphatic carbocycles. The first-order valence-corrected chi connectivity index (χ1v) is 7.66. The average Bonchev–Trinajstić information content (AvgIpc) is 3.18. The molecular formula is C16H18FN3O3. The summed E-state index contributed by atoms with van der Waals surface area (Å²) in [5.74, 6) is -0.968. The molecule has 0 spiro atoms. The molecule has 4 heterocycles. The Morgan fingerprint density at radius 3 is 3.13 bits per heavy atom. The minimum absolute atomic E-state index is 0.0334. The number of ether oxygens (including phenoxy) is 1. The number of carbonyl (C=O) groups excluding carboxylic acids is 1. The lowest BCUT2D eigenvalue weighted by molar-refractivity contribution is 0.0623. The second-order valence-electron chi connectivity index (χ2n) is 6.60. The fourth-order valence-corrected chi connectivity index (χ4v) is 3.62. The van der Waals surface area contributed by atoms with Gasteiger partial charge in [-0.25, -0.2) is 4.98 Å². The van der Waals surface area contributed by atoms with Crippen LogP contribution in [-0.4, -0.2) is 58.2 Å². The number of pyridine rings is 1. The van der Waals surface area contributed by atoms with Crippen molar-refractivity contribution in [3.8, 4) is 0 Å². The molecule has 1 amide bonds. The number of likely N-dealkylation sites (tertiary alicyclic amines) is 1. The van der Waals surface area contributed by atoms with Crippen molar-refractivity contribution >= 4 is 11.6 Å². The number of amides is 1. The fraction of sp³-hybridized carbons (Fsp3) is 0.500. The zero-order chi connectivity index (χ0) is 16.2. The number of aliphatic hydroxyl groups is 1. The van der Waals surface area contributed by atoms with Crippen LogP contribution >= 0.6 is 0 Å². The molecule has 7 heteroatoms. The summed E-state index contributed by atoms with van der Waals surface area (Å²) < 4.78 is 21.3. The summed E-state index contributed by atoms with van der Waals surface area (Å²) in [5.41, 5.74) is 0.725. The maximum atomic E-state index is 14.6. The number of halogens is 1. The molecule has 2 atom stereocenters. The SMILES string of the molecule is Cc1ccc2nc(C(=O)N3C[C@H]4COC[C@@]4(CO)C3)c(F)n2c1. The van der Waals surface area contributed by atoms with Crippen LogP contribution < -0.4 is 0 Å². The molecule has 2 aromatic heterocycles. The molecule has 0 saturated carbocycles. The monoisotopic (exact) mass is 319 g/mol. The number of hydrogen-bond acceptors (Lipinski definition) is 4. The van der Waals surface area contributed by atoms with Crippen LogP contribution in [0.3, 0.4) is 0 Å². The number of imidazole rings is 1. The van der Waals surface area contributed by atoms with Gasteiger partial charge in [-0.15, -0.1) is 0 Å². The van der Waals surface area contributed by atoms with E-state index in [9.17, 15) is 14.3 Å². The van der Waals surface area contributed by atoms with Crippen molar-refractivity contribution < 1.29 is 19.0 Å². The van der Waals surface area contributed by atoms with E-state index in [0.29, 0.717) is 32.0 Å². The number of nitrogens with zero attached hydrogens (tertiary/aromatic N) is 3. The second kappa shape index (κ2) is 5.01. The van der Waals surface area contributed by atoms with Crippen LogP contribution in [0.25, 0.3) is 5.65 Å². The highest BCUT2D eigenvalue weighted by Crippen LogP contribution is 2.41. The van der Waals surface area contributed by atoms with Crippen molar-refractivity contribution in [1.82, 2.24) is 14.3 Å². The van der Waals surface area contributed by atoms with Crippen LogP contribution in [0.1, 0.15) is 16.1 Å². The minimum atomic E-state index is -0.639. The van der Waals surface area contributed by atoms with Gasteiger partial charge in [0.05, 0.1) is 19.8 Å². The highest BCUT2D eigenvalue weighted by atomic mass is 19.1. The third kappa shape index (κ3) is 2.07. The number of aliphatic hydroxyl groups excluding tert-OH is 1. The van der Waals surface area contributed by atoms with E-state index in [2.05, 4.69) is 4.98 Å². The van der Waals surface area contributed by atoms with E-state index in [1.807, 2.05) is 13.0 Å². The lowest BCUT2D eigenvalue weighted by Gasteiger charge is -2.23. The number of aryl methyl sites for hydroxylation is 1. The van der Waals surface area contributed by atoms with E-state index in [1.54, 1.807) is 17.2 Å². The molecule has 4 rings (SSSR count). The van der Waals surface area contributed by atoms with E-state index in [-0.39, 0.29) is 18.2 Å². The first kappa shape index (κ1) is 14.6. The third-order valence-electron chi connectivity index (χ3n) is 5.03. The Morgan fingerprint density at radius 1 is 1.57 bits per heavy atom. The summed E-state index contributed by atoms with van der Waals surface area (Å²) in [6.07, 6.45) is 1.62. The van der Waals surface area contributed by atoms with Crippen molar-refractivity contribution in [2.45, 2.75) is 6.92 Å². The molecule has 1 N–H and O–H groups in total. The zero-order valence-electron chi connectivity index (χ0n) is 12.8. The number of aromatic nitrogens is 2. The first-order valence-electron chi connectivity index (χ1n) is 7.66. The van der Waals surface area contributed by atoms with Gasteiger partial charge < -0.3 is 14.7 Å². The molecule has 2 fully saturated rings. The van der Waals surface area contributed by atoms with Gasteiger partial charge in [0.2, 0.25) is 5.95 Å². The molecule has 122 valence electrons. The van der Waals surface area contributed by atoms with Crippen LogP contribution in [-0.2, 0) is 4.74 Å². The summed E-state index contributed by atoms with van der Waals surface area (Å²) in [7, 11) is 0. The van der Waals surface area contributed by atoms with Gasteiger partial charge in [0.15, 0.2) is 5.69 Å². The van der Waals surface area contributed by atoms with Gasteiger partial charge in [0.1, 0.15) is 5.65 Å². The number of rotatable bonds is 2. The van der Waals surface area contributed by atoms with E-state index in [4.69, 9.17) is 4.74 Å². The van der Waals surface area contributed by atoms with E-state index >= 15 is 0 Å². The molecule has 2 aliphatic heterocycles. The van der Waals surface area contributed by atoms with Crippen molar-refractivity contribution in [2.24, 2.45) is 11.3 Å².